The number of nitrogens with zero attached hydrogens (tertiary/aromatic N) is 2. The molecule has 1 amide bonds. The summed E-state index contributed by atoms with van der Waals surface area (Å²) in [6.07, 6.45) is 6.94. The van der Waals surface area contributed by atoms with Gasteiger partial charge in [0.25, 0.3) is 0 Å². The van der Waals surface area contributed by atoms with E-state index in [2.05, 4.69) is 27.2 Å². The fourth-order valence-electron chi connectivity index (χ4n) is 5.07. The number of piperidine rings is 1. The van der Waals surface area contributed by atoms with E-state index in [1.54, 1.807) is 6.20 Å². The average Bonchev–Trinajstić information content (AvgIpc) is 3.43. The van der Waals surface area contributed by atoms with E-state index in [1.165, 1.54) is 13.3 Å². The largest absolute Gasteiger partial charge is 0.463 e. The number of ether oxygens (including phenoxy) is 2. The van der Waals surface area contributed by atoms with Crippen molar-refractivity contribution in [3.8, 4) is 0 Å². The highest BCUT2D eigenvalue weighted by Crippen LogP contribution is 2.36. The van der Waals surface area contributed by atoms with Crippen molar-refractivity contribution in [1.29, 1.82) is 0 Å². The summed E-state index contributed by atoms with van der Waals surface area (Å²) >= 11 is 0. The third kappa shape index (κ3) is 6.30. The van der Waals surface area contributed by atoms with Crippen LogP contribution in [-0.2, 0) is 30.3 Å². The zero-order valence-corrected chi connectivity index (χ0v) is 20.8. The summed E-state index contributed by atoms with van der Waals surface area (Å²) in [5.41, 5.74) is 7.02. The molecule has 10 nitrogen and oxygen atoms in total. The lowest BCUT2D eigenvalue weighted by molar-refractivity contribution is -0.159. The predicted molar refractivity (Wildman–Crippen MR) is 132 cm³/mol. The molecule has 0 aliphatic carbocycles. The normalized spacial score (nSPS) is 23.9. The van der Waals surface area contributed by atoms with Gasteiger partial charge in [-0.25, -0.2) is 9.78 Å². The molecule has 2 aliphatic rings. The highest BCUT2D eigenvalue weighted by atomic mass is 16.6. The van der Waals surface area contributed by atoms with Crippen LogP contribution in [0.2, 0.25) is 0 Å². The number of imidazole rings is 1. The number of nitrogens with two attached hydrogens (primary N) is 1. The van der Waals surface area contributed by atoms with Crippen LogP contribution >= 0.6 is 0 Å². The van der Waals surface area contributed by atoms with E-state index in [-0.39, 0.29) is 19.1 Å². The molecule has 0 saturated carbocycles. The Bertz CT molecular complexity index is 1010. The van der Waals surface area contributed by atoms with Crippen molar-refractivity contribution in [2.75, 3.05) is 13.7 Å². The molecular weight excluding hydrogens is 462 g/mol. The van der Waals surface area contributed by atoms with Crippen LogP contribution in [0.25, 0.3) is 0 Å². The van der Waals surface area contributed by atoms with Gasteiger partial charge in [-0.05, 0) is 45.2 Å². The molecule has 1 aromatic carbocycles. The van der Waals surface area contributed by atoms with Crippen LogP contribution in [0, 0.1) is 0 Å². The third-order valence-corrected chi connectivity index (χ3v) is 7.21. The van der Waals surface area contributed by atoms with Gasteiger partial charge >= 0.3 is 11.9 Å². The number of aromatic amines is 1. The molecule has 2 aromatic rings. The molecule has 5 unspecified atom stereocenters. The number of hydrogen-bond donors (Lipinski definition) is 3. The molecule has 194 valence electrons. The van der Waals surface area contributed by atoms with Gasteiger partial charge in [-0.15, -0.1) is 0 Å². The number of esters is 2. The number of carbonyl (C=O) groups excluding carboxylic acids is 3. The van der Waals surface area contributed by atoms with E-state index >= 15 is 0 Å². The first-order valence-electron chi connectivity index (χ1n) is 12.5. The SMILES string of the molecule is CC(N)C(=O)NC(Cc1cnc[nH]1)C(=O)OCC(C(=O)OC1CC2CCC(C1)N2C)c1ccccc1. The van der Waals surface area contributed by atoms with Crippen molar-refractivity contribution in [2.45, 2.75) is 75.2 Å². The second-order valence-corrected chi connectivity index (χ2v) is 9.80. The molecule has 4 rings (SSSR count). The fraction of sp³-hybridized carbons (Fsp3) is 0.538. The quantitative estimate of drug-likeness (QED) is 0.417. The summed E-state index contributed by atoms with van der Waals surface area (Å²) in [6, 6.07) is 8.25. The van der Waals surface area contributed by atoms with Crippen LogP contribution in [-0.4, -0.2) is 76.6 Å². The maximum atomic E-state index is 13.3. The molecular formula is C26H35N5O5. The highest BCUT2D eigenvalue weighted by Gasteiger charge is 2.40. The number of amides is 1. The molecule has 0 spiro atoms. The van der Waals surface area contributed by atoms with Crippen molar-refractivity contribution >= 4 is 17.8 Å². The highest BCUT2D eigenvalue weighted by molar-refractivity contribution is 5.87. The van der Waals surface area contributed by atoms with Gasteiger partial charge in [0.05, 0.1) is 12.4 Å². The van der Waals surface area contributed by atoms with Gasteiger partial charge in [-0.1, -0.05) is 30.3 Å². The number of nitrogens with one attached hydrogen (secondary N) is 2. The van der Waals surface area contributed by atoms with Gasteiger partial charge in [0, 0.05) is 30.4 Å². The van der Waals surface area contributed by atoms with E-state index in [0.29, 0.717) is 23.3 Å². The topological polar surface area (TPSA) is 140 Å². The van der Waals surface area contributed by atoms with Crippen LogP contribution < -0.4 is 11.1 Å². The lowest BCUT2D eigenvalue weighted by Crippen LogP contribution is -2.49. The minimum Gasteiger partial charge on any atom is -0.463 e. The van der Waals surface area contributed by atoms with Crippen LogP contribution in [0.4, 0.5) is 0 Å². The molecule has 1 aromatic heterocycles. The van der Waals surface area contributed by atoms with Gasteiger partial charge in [0.2, 0.25) is 5.91 Å². The summed E-state index contributed by atoms with van der Waals surface area (Å²) in [4.78, 5) is 47.8. The Hall–Kier alpha value is -3.24. The van der Waals surface area contributed by atoms with Crippen molar-refractivity contribution in [3.63, 3.8) is 0 Å². The van der Waals surface area contributed by atoms with Crippen LogP contribution in [0.5, 0.6) is 0 Å². The summed E-state index contributed by atoms with van der Waals surface area (Å²) in [5, 5.41) is 2.63. The average molecular weight is 498 g/mol. The van der Waals surface area contributed by atoms with Crippen molar-refractivity contribution < 1.29 is 23.9 Å². The molecule has 2 aliphatic heterocycles. The summed E-state index contributed by atoms with van der Waals surface area (Å²) in [7, 11) is 2.14. The molecule has 2 fully saturated rings. The fourth-order valence-corrected chi connectivity index (χ4v) is 5.07. The van der Waals surface area contributed by atoms with Crippen molar-refractivity contribution in [3.05, 3.63) is 54.1 Å². The maximum Gasteiger partial charge on any atom is 0.329 e. The standard InChI is InChI=1S/C26H35N5O5/c1-16(27)24(32)30-23(10-18-13-28-15-29-18)26(34)35-14-22(17-6-4-3-5-7-17)25(33)36-21-11-19-8-9-20(12-21)31(19)2/h3-7,13,15-16,19-23H,8-12,14,27H2,1-2H3,(H,28,29)(H,30,32). The minimum atomic E-state index is -0.985. The first-order chi connectivity index (χ1) is 17.3. The molecule has 3 heterocycles. The molecule has 2 bridgehead atoms. The van der Waals surface area contributed by atoms with E-state index in [9.17, 15) is 14.4 Å². The lowest BCUT2D eigenvalue weighted by Gasteiger charge is -2.36. The van der Waals surface area contributed by atoms with E-state index in [4.69, 9.17) is 15.2 Å². The van der Waals surface area contributed by atoms with Gasteiger partial charge < -0.3 is 30.4 Å². The molecule has 10 heteroatoms. The number of carbonyl (C=O) groups is 3. The van der Waals surface area contributed by atoms with Crippen LogP contribution in [0.1, 0.15) is 49.8 Å². The first-order valence-corrected chi connectivity index (χ1v) is 12.5. The van der Waals surface area contributed by atoms with E-state index < -0.39 is 35.8 Å². The Morgan fingerprint density at radius 1 is 1.17 bits per heavy atom. The number of hydrogen-bond acceptors (Lipinski definition) is 8. The second-order valence-electron chi connectivity index (χ2n) is 9.80. The monoisotopic (exact) mass is 497 g/mol. The zero-order chi connectivity index (χ0) is 25.7. The zero-order valence-electron chi connectivity index (χ0n) is 20.8. The van der Waals surface area contributed by atoms with Crippen molar-refractivity contribution in [1.82, 2.24) is 20.2 Å². The molecule has 36 heavy (non-hydrogen) atoms. The lowest BCUT2D eigenvalue weighted by atomic mass is 9.98. The number of fused-ring (bicyclic) bond motifs is 2. The second kappa shape index (κ2) is 11.7. The van der Waals surface area contributed by atoms with Crippen LogP contribution in [0.3, 0.4) is 0 Å². The Morgan fingerprint density at radius 3 is 2.47 bits per heavy atom. The smallest absolute Gasteiger partial charge is 0.329 e. The Morgan fingerprint density at radius 2 is 1.86 bits per heavy atom. The third-order valence-electron chi connectivity index (χ3n) is 7.21. The number of rotatable bonds is 10. The number of benzene rings is 1. The minimum absolute atomic E-state index is 0.147. The van der Waals surface area contributed by atoms with Gasteiger partial charge in [-0.2, -0.15) is 0 Å². The summed E-state index contributed by atoms with van der Waals surface area (Å²) in [5.74, 6) is -2.32. The predicted octanol–water partition coefficient (Wildman–Crippen LogP) is 1.28. The number of aromatic nitrogens is 2. The Kier molecular flexibility index (Phi) is 8.37. The van der Waals surface area contributed by atoms with E-state index in [1.807, 2.05) is 30.3 Å². The molecule has 2 saturated heterocycles. The van der Waals surface area contributed by atoms with Crippen LogP contribution in [0.15, 0.2) is 42.9 Å². The van der Waals surface area contributed by atoms with E-state index in [0.717, 1.165) is 25.7 Å². The maximum absolute atomic E-state index is 13.3. The molecule has 4 N–H and O–H groups in total. The van der Waals surface area contributed by atoms with Gasteiger partial charge in [0.15, 0.2) is 0 Å². The summed E-state index contributed by atoms with van der Waals surface area (Å²) < 4.78 is 11.5. The number of H-pyrrole nitrogens is 1. The summed E-state index contributed by atoms with van der Waals surface area (Å²) in [6.45, 7) is 1.33. The van der Waals surface area contributed by atoms with Gasteiger partial charge in [0.1, 0.15) is 24.7 Å². The van der Waals surface area contributed by atoms with Crippen molar-refractivity contribution in [2.24, 2.45) is 5.73 Å². The molecule has 5 atom stereocenters. The first kappa shape index (κ1) is 25.8. The Balaban J connectivity index is 1.43. The molecule has 0 radical (unpaired) electrons. The Labute approximate surface area is 210 Å². The van der Waals surface area contributed by atoms with Gasteiger partial charge in [-0.3, -0.25) is 9.59 Å².